The zero-order valence-electron chi connectivity index (χ0n) is 22.0. The van der Waals surface area contributed by atoms with E-state index < -0.39 is 11.8 Å². The maximum absolute atomic E-state index is 13.8. The first kappa shape index (κ1) is 26.4. The molecule has 5 nitrogen and oxygen atoms in total. The van der Waals surface area contributed by atoms with Crippen LogP contribution in [0.4, 0.5) is 5.69 Å². The van der Waals surface area contributed by atoms with Crippen molar-refractivity contribution in [3.63, 3.8) is 0 Å². The number of aryl methyl sites for hydroxylation is 1. The number of rotatable bonds is 5. The lowest BCUT2D eigenvalue weighted by Crippen LogP contribution is -2.54. The zero-order valence-corrected chi connectivity index (χ0v) is 23.6. The molecule has 0 unspecified atom stereocenters. The van der Waals surface area contributed by atoms with Gasteiger partial charge < -0.3 is 4.57 Å². The highest BCUT2D eigenvalue weighted by molar-refractivity contribution is 7.80. The molecule has 4 aromatic carbocycles. The molecule has 2 amide bonds. The lowest BCUT2D eigenvalue weighted by molar-refractivity contribution is -0.122. The molecule has 41 heavy (non-hydrogen) atoms. The molecule has 1 fully saturated rings. The molecule has 0 atom stereocenters. The number of amides is 2. The lowest BCUT2D eigenvalue weighted by Gasteiger charge is -2.29. The van der Waals surface area contributed by atoms with E-state index >= 15 is 0 Å². The van der Waals surface area contributed by atoms with E-state index in [2.05, 4.69) is 9.88 Å². The summed E-state index contributed by atoms with van der Waals surface area (Å²) in [5, 5.41) is 3.38. The fourth-order valence-electron chi connectivity index (χ4n) is 4.95. The van der Waals surface area contributed by atoms with Gasteiger partial charge in [0, 0.05) is 16.3 Å². The van der Waals surface area contributed by atoms with Crippen LogP contribution in [0, 0.1) is 6.92 Å². The molecule has 0 radical (unpaired) electrons. The Kier molecular flexibility index (Phi) is 7.10. The number of nitrogens with zero attached hydrogens (tertiary/aromatic N) is 2. The van der Waals surface area contributed by atoms with Gasteiger partial charge in [0.2, 0.25) is 0 Å². The smallest absolute Gasteiger partial charge is 0.270 e. The molecular formula is C34H24ClN3O2S. The van der Waals surface area contributed by atoms with Gasteiger partial charge in [-0.2, -0.15) is 0 Å². The number of carbonyl (C=O) groups is 2. The second-order valence-corrected chi connectivity index (χ2v) is 10.5. The predicted molar refractivity (Wildman–Crippen MR) is 169 cm³/mol. The van der Waals surface area contributed by atoms with Crippen LogP contribution in [0.1, 0.15) is 11.1 Å². The van der Waals surface area contributed by atoms with Gasteiger partial charge >= 0.3 is 0 Å². The van der Waals surface area contributed by atoms with Gasteiger partial charge in [-0.3, -0.25) is 19.8 Å². The van der Waals surface area contributed by atoms with Crippen molar-refractivity contribution in [2.24, 2.45) is 0 Å². The number of nitrogens with one attached hydrogen (secondary N) is 1. The van der Waals surface area contributed by atoms with Gasteiger partial charge in [-0.1, -0.05) is 90.0 Å². The highest BCUT2D eigenvalue weighted by Crippen LogP contribution is 2.38. The van der Waals surface area contributed by atoms with Crippen LogP contribution in [0.15, 0.2) is 121 Å². The maximum atomic E-state index is 13.8. The molecule has 2 heterocycles. The molecule has 200 valence electrons. The van der Waals surface area contributed by atoms with Crippen LogP contribution in [-0.2, 0) is 9.59 Å². The Morgan fingerprint density at radius 3 is 1.98 bits per heavy atom. The SMILES string of the molecule is Cc1ccc(N2C(=O)/C(=C\c3cc(-c4ccccc4)n(-c4ccc(Cl)cc4)c3-c3ccccc3)C(=O)NC2=S)cc1. The summed E-state index contributed by atoms with van der Waals surface area (Å²) in [4.78, 5) is 28.4. The van der Waals surface area contributed by atoms with Crippen molar-refractivity contribution in [1.82, 2.24) is 9.88 Å². The molecule has 0 spiro atoms. The van der Waals surface area contributed by atoms with Crippen LogP contribution in [0.5, 0.6) is 0 Å². The number of hydrogen-bond donors (Lipinski definition) is 1. The summed E-state index contributed by atoms with van der Waals surface area (Å²) < 4.78 is 2.13. The van der Waals surface area contributed by atoms with Gasteiger partial charge in [-0.15, -0.1) is 0 Å². The van der Waals surface area contributed by atoms with E-state index in [0.717, 1.165) is 33.8 Å². The van der Waals surface area contributed by atoms with Crippen molar-refractivity contribution >= 4 is 52.5 Å². The molecule has 6 rings (SSSR count). The van der Waals surface area contributed by atoms with Gasteiger partial charge in [0.1, 0.15) is 5.57 Å². The molecular weight excluding hydrogens is 550 g/mol. The van der Waals surface area contributed by atoms with Gasteiger partial charge in [0.05, 0.1) is 17.1 Å². The molecule has 1 aromatic heterocycles. The number of hydrogen-bond acceptors (Lipinski definition) is 3. The monoisotopic (exact) mass is 573 g/mol. The van der Waals surface area contributed by atoms with Crippen LogP contribution in [0.2, 0.25) is 5.02 Å². The standard InChI is InChI=1S/C34H24ClN3O2S/c1-22-12-16-28(17-13-22)38-33(40)29(32(39)36-34(38)41)20-25-21-30(23-8-4-2-5-9-23)37(27-18-14-26(35)15-19-27)31(25)24-10-6-3-7-11-24/h2-21H,1H3,(H,36,39,41)/b29-20-. The van der Waals surface area contributed by atoms with E-state index in [1.165, 1.54) is 4.90 Å². The first-order valence-electron chi connectivity index (χ1n) is 13.0. The minimum absolute atomic E-state index is 0.00998. The molecule has 0 aliphatic carbocycles. The van der Waals surface area contributed by atoms with Gasteiger partial charge in [0.15, 0.2) is 5.11 Å². The summed E-state index contributed by atoms with van der Waals surface area (Å²) in [7, 11) is 0. The summed E-state index contributed by atoms with van der Waals surface area (Å²) in [6.45, 7) is 1.97. The van der Waals surface area contributed by atoms with Crippen molar-refractivity contribution in [3.05, 3.63) is 137 Å². The van der Waals surface area contributed by atoms with E-state index in [4.69, 9.17) is 23.8 Å². The number of carbonyl (C=O) groups excluding carboxylic acids is 2. The maximum Gasteiger partial charge on any atom is 0.270 e. The molecule has 1 N–H and O–H groups in total. The highest BCUT2D eigenvalue weighted by Gasteiger charge is 2.35. The molecule has 0 bridgehead atoms. The third-order valence-corrected chi connectivity index (χ3v) is 7.46. The number of halogens is 1. The molecule has 5 aromatic rings. The lowest BCUT2D eigenvalue weighted by atomic mass is 10.0. The Balaban J connectivity index is 1.59. The Morgan fingerprint density at radius 2 is 1.34 bits per heavy atom. The van der Waals surface area contributed by atoms with Crippen molar-refractivity contribution in [1.29, 1.82) is 0 Å². The van der Waals surface area contributed by atoms with Crippen LogP contribution in [-0.4, -0.2) is 21.5 Å². The Bertz CT molecular complexity index is 1810. The second-order valence-electron chi connectivity index (χ2n) is 9.67. The van der Waals surface area contributed by atoms with Crippen LogP contribution in [0.3, 0.4) is 0 Å². The Morgan fingerprint density at radius 1 is 0.756 bits per heavy atom. The normalized spacial score (nSPS) is 14.4. The zero-order chi connectivity index (χ0) is 28.5. The minimum atomic E-state index is -0.539. The van der Waals surface area contributed by atoms with Crippen molar-refractivity contribution in [3.8, 4) is 28.2 Å². The fourth-order valence-corrected chi connectivity index (χ4v) is 5.36. The third-order valence-electron chi connectivity index (χ3n) is 6.93. The highest BCUT2D eigenvalue weighted by atomic mass is 35.5. The first-order chi connectivity index (χ1) is 19.9. The average Bonchev–Trinajstić information content (AvgIpc) is 3.36. The third kappa shape index (κ3) is 5.11. The van der Waals surface area contributed by atoms with E-state index in [9.17, 15) is 9.59 Å². The second kappa shape index (κ2) is 11.0. The topological polar surface area (TPSA) is 54.3 Å². The summed E-state index contributed by atoms with van der Waals surface area (Å²) in [6.07, 6.45) is 1.65. The van der Waals surface area contributed by atoms with Gasteiger partial charge in [0.25, 0.3) is 11.8 Å². The average molecular weight is 574 g/mol. The summed E-state index contributed by atoms with van der Waals surface area (Å²) in [6, 6.07) is 36.9. The van der Waals surface area contributed by atoms with Gasteiger partial charge in [-0.05, 0) is 78.8 Å². The van der Waals surface area contributed by atoms with Crippen LogP contribution < -0.4 is 10.2 Å². The minimum Gasteiger partial charge on any atom is -0.309 e. The first-order valence-corrected chi connectivity index (χ1v) is 13.8. The summed E-state index contributed by atoms with van der Waals surface area (Å²) >= 11 is 11.7. The molecule has 1 aliphatic heterocycles. The van der Waals surface area contributed by atoms with Crippen LogP contribution >= 0.6 is 23.8 Å². The van der Waals surface area contributed by atoms with Crippen molar-refractivity contribution < 1.29 is 9.59 Å². The van der Waals surface area contributed by atoms with Crippen molar-refractivity contribution in [2.45, 2.75) is 6.92 Å². The predicted octanol–water partition coefficient (Wildman–Crippen LogP) is 7.60. The molecule has 7 heteroatoms. The fraction of sp³-hybridized carbons (Fsp3) is 0.0294. The number of benzene rings is 4. The number of aromatic nitrogens is 1. The quantitative estimate of drug-likeness (QED) is 0.134. The largest absolute Gasteiger partial charge is 0.309 e. The molecule has 1 saturated heterocycles. The summed E-state index contributed by atoms with van der Waals surface area (Å²) in [5.74, 6) is -1.02. The van der Waals surface area contributed by atoms with E-state index in [-0.39, 0.29) is 10.7 Å². The Hall–Kier alpha value is -4.78. The van der Waals surface area contributed by atoms with E-state index in [0.29, 0.717) is 16.3 Å². The number of anilines is 1. The Labute approximate surface area is 248 Å². The molecule has 0 saturated carbocycles. The van der Waals surface area contributed by atoms with E-state index in [1.807, 2.05) is 122 Å². The van der Waals surface area contributed by atoms with Crippen LogP contribution in [0.25, 0.3) is 34.3 Å². The summed E-state index contributed by atoms with van der Waals surface area (Å²) in [5.41, 5.74) is 6.85. The number of thiocarbonyl (C=S) groups is 1. The molecule has 1 aliphatic rings. The van der Waals surface area contributed by atoms with E-state index in [1.54, 1.807) is 6.08 Å². The van der Waals surface area contributed by atoms with Gasteiger partial charge in [-0.25, -0.2) is 0 Å². The van der Waals surface area contributed by atoms with Crippen molar-refractivity contribution in [2.75, 3.05) is 4.90 Å².